The molecule has 0 saturated carbocycles. The molecule has 0 N–H and O–H groups in total. The quantitative estimate of drug-likeness (QED) is 0.745. The summed E-state index contributed by atoms with van der Waals surface area (Å²) in [6, 6.07) is 5.77. The maximum absolute atomic E-state index is 11.7. The highest BCUT2D eigenvalue weighted by Crippen LogP contribution is 2.12. The van der Waals surface area contributed by atoms with Gasteiger partial charge in [-0.05, 0) is 30.9 Å². The lowest BCUT2D eigenvalue weighted by Gasteiger charge is -2.03. The molecule has 0 fully saturated rings. The van der Waals surface area contributed by atoms with Crippen molar-refractivity contribution in [2.75, 3.05) is 0 Å². The SMILES string of the molecule is Cc1ccnn1CCCC(=O)c1cccs1. The summed E-state index contributed by atoms with van der Waals surface area (Å²) in [5, 5.41) is 6.12. The third-order valence-electron chi connectivity index (χ3n) is 2.50. The number of rotatable bonds is 5. The monoisotopic (exact) mass is 234 g/mol. The van der Waals surface area contributed by atoms with Gasteiger partial charge in [0, 0.05) is 24.9 Å². The zero-order valence-corrected chi connectivity index (χ0v) is 10.0. The van der Waals surface area contributed by atoms with Gasteiger partial charge in [-0.3, -0.25) is 9.48 Å². The van der Waals surface area contributed by atoms with E-state index >= 15 is 0 Å². The number of hydrogen-bond donors (Lipinski definition) is 0. The molecule has 0 aliphatic rings. The van der Waals surface area contributed by atoms with Gasteiger partial charge in [0.2, 0.25) is 0 Å². The van der Waals surface area contributed by atoms with Crippen molar-refractivity contribution in [2.24, 2.45) is 0 Å². The van der Waals surface area contributed by atoms with Gasteiger partial charge in [0.05, 0.1) is 4.88 Å². The van der Waals surface area contributed by atoms with E-state index in [1.54, 1.807) is 6.20 Å². The zero-order chi connectivity index (χ0) is 11.4. The number of Topliss-reactive ketones (excluding diaryl/α,β-unsaturated/α-hetero) is 1. The van der Waals surface area contributed by atoms with Crippen molar-refractivity contribution in [3.05, 3.63) is 40.3 Å². The molecule has 0 radical (unpaired) electrons. The Morgan fingerprint density at radius 2 is 2.38 bits per heavy atom. The first-order valence-electron chi connectivity index (χ1n) is 5.32. The van der Waals surface area contributed by atoms with Crippen molar-refractivity contribution < 1.29 is 4.79 Å². The summed E-state index contributed by atoms with van der Waals surface area (Å²) in [7, 11) is 0. The Labute approximate surface area is 98.7 Å². The summed E-state index contributed by atoms with van der Waals surface area (Å²) in [4.78, 5) is 12.6. The van der Waals surface area contributed by atoms with Crippen LogP contribution in [0.4, 0.5) is 0 Å². The number of aryl methyl sites for hydroxylation is 2. The van der Waals surface area contributed by atoms with Gasteiger partial charge in [-0.2, -0.15) is 5.10 Å². The minimum Gasteiger partial charge on any atom is -0.293 e. The molecule has 2 heterocycles. The molecule has 0 amide bonds. The fourth-order valence-corrected chi connectivity index (χ4v) is 2.28. The number of aromatic nitrogens is 2. The summed E-state index contributed by atoms with van der Waals surface area (Å²) >= 11 is 1.51. The van der Waals surface area contributed by atoms with Gasteiger partial charge in [0.1, 0.15) is 0 Å². The molecule has 2 aromatic heterocycles. The maximum Gasteiger partial charge on any atom is 0.172 e. The van der Waals surface area contributed by atoms with Gasteiger partial charge in [0.15, 0.2) is 5.78 Å². The van der Waals surface area contributed by atoms with Crippen LogP contribution in [0.2, 0.25) is 0 Å². The smallest absolute Gasteiger partial charge is 0.172 e. The van der Waals surface area contributed by atoms with Crippen LogP contribution in [-0.2, 0) is 6.54 Å². The number of carbonyl (C=O) groups is 1. The van der Waals surface area contributed by atoms with Gasteiger partial charge in [-0.15, -0.1) is 11.3 Å². The molecule has 0 aliphatic heterocycles. The summed E-state index contributed by atoms with van der Waals surface area (Å²) in [5.74, 6) is 0.236. The van der Waals surface area contributed by atoms with Crippen LogP contribution in [0.3, 0.4) is 0 Å². The van der Waals surface area contributed by atoms with Crippen molar-refractivity contribution in [3.8, 4) is 0 Å². The first-order valence-corrected chi connectivity index (χ1v) is 6.20. The minimum atomic E-state index is 0.236. The Kier molecular flexibility index (Phi) is 3.51. The van der Waals surface area contributed by atoms with Crippen LogP contribution in [0.5, 0.6) is 0 Å². The number of carbonyl (C=O) groups excluding carboxylic acids is 1. The Morgan fingerprint density at radius 1 is 1.50 bits per heavy atom. The van der Waals surface area contributed by atoms with Crippen LogP contribution in [0.15, 0.2) is 29.8 Å². The highest BCUT2D eigenvalue weighted by molar-refractivity contribution is 7.12. The normalized spacial score (nSPS) is 10.6. The minimum absolute atomic E-state index is 0.236. The van der Waals surface area contributed by atoms with Gasteiger partial charge in [-0.1, -0.05) is 6.07 Å². The predicted octanol–water partition coefficient (Wildman–Crippen LogP) is 2.92. The Bertz CT molecular complexity index is 459. The molecular weight excluding hydrogens is 220 g/mol. The van der Waals surface area contributed by atoms with Crippen molar-refractivity contribution in [1.82, 2.24) is 9.78 Å². The standard InChI is InChI=1S/C12H14N2OS/c1-10-6-7-13-14(10)8-2-4-11(15)12-5-3-9-16-12/h3,5-7,9H,2,4,8H2,1H3. The van der Waals surface area contributed by atoms with E-state index in [2.05, 4.69) is 5.10 Å². The summed E-state index contributed by atoms with van der Waals surface area (Å²) in [5.41, 5.74) is 1.14. The Morgan fingerprint density at radius 3 is 3.00 bits per heavy atom. The largest absolute Gasteiger partial charge is 0.293 e. The van der Waals surface area contributed by atoms with E-state index in [1.807, 2.05) is 35.2 Å². The number of ketones is 1. The molecule has 16 heavy (non-hydrogen) atoms. The molecule has 0 bridgehead atoms. The second-order valence-electron chi connectivity index (χ2n) is 3.70. The highest BCUT2D eigenvalue weighted by atomic mass is 32.1. The van der Waals surface area contributed by atoms with E-state index < -0.39 is 0 Å². The molecule has 0 saturated heterocycles. The summed E-state index contributed by atoms with van der Waals surface area (Å²) < 4.78 is 1.93. The molecule has 0 atom stereocenters. The molecule has 0 aromatic carbocycles. The Hall–Kier alpha value is -1.42. The van der Waals surface area contributed by atoms with Crippen molar-refractivity contribution in [2.45, 2.75) is 26.3 Å². The second-order valence-corrected chi connectivity index (χ2v) is 4.65. The number of nitrogens with zero attached hydrogens (tertiary/aromatic N) is 2. The van der Waals surface area contributed by atoms with E-state index in [1.165, 1.54) is 11.3 Å². The molecule has 84 valence electrons. The molecule has 3 nitrogen and oxygen atoms in total. The van der Waals surface area contributed by atoms with Crippen molar-refractivity contribution >= 4 is 17.1 Å². The number of thiophene rings is 1. The van der Waals surface area contributed by atoms with Crippen LogP contribution < -0.4 is 0 Å². The third-order valence-corrected chi connectivity index (χ3v) is 3.41. The van der Waals surface area contributed by atoms with Crippen molar-refractivity contribution in [3.63, 3.8) is 0 Å². The van der Waals surface area contributed by atoms with E-state index in [-0.39, 0.29) is 5.78 Å². The summed E-state index contributed by atoms with van der Waals surface area (Å²) in [6.07, 6.45) is 3.23. The first kappa shape index (κ1) is 11.1. The molecule has 4 heteroatoms. The van der Waals surface area contributed by atoms with Gasteiger partial charge >= 0.3 is 0 Å². The zero-order valence-electron chi connectivity index (χ0n) is 9.22. The fourth-order valence-electron chi connectivity index (χ4n) is 1.58. The average Bonchev–Trinajstić information content (AvgIpc) is 2.90. The lowest BCUT2D eigenvalue weighted by atomic mass is 10.2. The molecule has 2 aromatic rings. The van der Waals surface area contributed by atoms with Gasteiger partial charge in [0.25, 0.3) is 0 Å². The van der Waals surface area contributed by atoms with Crippen LogP contribution in [0.25, 0.3) is 0 Å². The molecule has 0 unspecified atom stereocenters. The van der Waals surface area contributed by atoms with Crippen molar-refractivity contribution in [1.29, 1.82) is 0 Å². The lowest BCUT2D eigenvalue weighted by Crippen LogP contribution is -2.04. The van der Waals surface area contributed by atoms with Crippen LogP contribution in [0.1, 0.15) is 28.2 Å². The molecule has 0 aliphatic carbocycles. The maximum atomic E-state index is 11.7. The highest BCUT2D eigenvalue weighted by Gasteiger charge is 2.06. The second kappa shape index (κ2) is 5.07. The predicted molar refractivity (Wildman–Crippen MR) is 64.8 cm³/mol. The third kappa shape index (κ3) is 2.58. The van der Waals surface area contributed by atoms with Crippen LogP contribution in [0, 0.1) is 6.92 Å². The van der Waals surface area contributed by atoms with E-state index in [0.29, 0.717) is 6.42 Å². The molecule has 2 rings (SSSR count). The van der Waals surface area contributed by atoms with E-state index in [0.717, 1.165) is 23.5 Å². The van der Waals surface area contributed by atoms with Gasteiger partial charge < -0.3 is 0 Å². The average molecular weight is 234 g/mol. The molecular formula is C12H14N2OS. The van der Waals surface area contributed by atoms with Crippen LogP contribution in [-0.4, -0.2) is 15.6 Å². The number of hydrogen-bond acceptors (Lipinski definition) is 3. The summed E-state index contributed by atoms with van der Waals surface area (Å²) in [6.45, 7) is 2.84. The molecule has 0 spiro atoms. The topological polar surface area (TPSA) is 34.9 Å². The lowest BCUT2D eigenvalue weighted by molar-refractivity contribution is 0.0982. The first-order chi connectivity index (χ1) is 7.77. The van der Waals surface area contributed by atoms with E-state index in [4.69, 9.17) is 0 Å². The Balaban J connectivity index is 1.81. The van der Waals surface area contributed by atoms with E-state index in [9.17, 15) is 4.79 Å². The van der Waals surface area contributed by atoms with Crippen LogP contribution >= 0.6 is 11.3 Å². The fraction of sp³-hybridized carbons (Fsp3) is 0.333. The van der Waals surface area contributed by atoms with Gasteiger partial charge in [-0.25, -0.2) is 0 Å².